The zero-order valence-electron chi connectivity index (χ0n) is 13.4. The average molecular weight is 361 g/mol. The monoisotopic (exact) mass is 361 g/mol. The summed E-state index contributed by atoms with van der Waals surface area (Å²) in [5.41, 5.74) is 1.40. The highest BCUT2D eigenvalue weighted by Gasteiger charge is 2.11. The Balaban J connectivity index is 1.72. The second-order valence-corrected chi connectivity index (χ2v) is 5.60. The molecule has 0 aliphatic rings. The summed E-state index contributed by atoms with van der Waals surface area (Å²) in [7, 11) is 0. The third-order valence-corrected chi connectivity index (χ3v) is 3.91. The van der Waals surface area contributed by atoms with E-state index in [0.29, 0.717) is 23.6 Å². The molecule has 0 unspecified atom stereocenters. The maximum absolute atomic E-state index is 14.3. The number of aromatic nitrogens is 5. The van der Waals surface area contributed by atoms with Crippen molar-refractivity contribution in [2.75, 3.05) is 6.54 Å². The van der Waals surface area contributed by atoms with Crippen LogP contribution in [-0.2, 0) is 6.54 Å². The predicted molar refractivity (Wildman–Crippen MR) is 92.0 cm³/mol. The molecule has 0 spiro atoms. The van der Waals surface area contributed by atoms with Crippen LogP contribution in [0.2, 0.25) is 0 Å². The zero-order chi connectivity index (χ0) is 17.8. The van der Waals surface area contributed by atoms with E-state index in [2.05, 4.69) is 33.5 Å². The summed E-state index contributed by atoms with van der Waals surface area (Å²) in [4.78, 5) is 11.6. The van der Waals surface area contributed by atoms with Gasteiger partial charge in [0.05, 0.1) is 18.4 Å². The first-order chi connectivity index (χ1) is 12.1. The first-order valence-electron chi connectivity index (χ1n) is 7.54. The van der Waals surface area contributed by atoms with Crippen LogP contribution < -0.4 is 5.32 Å². The van der Waals surface area contributed by atoms with Crippen LogP contribution in [0.25, 0.3) is 11.4 Å². The smallest absolute Gasteiger partial charge is 0.327 e. The van der Waals surface area contributed by atoms with Crippen LogP contribution in [0.4, 0.5) is 9.18 Å². The number of urea groups is 1. The Hall–Kier alpha value is -2.88. The van der Waals surface area contributed by atoms with Crippen molar-refractivity contribution in [1.29, 1.82) is 0 Å². The summed E-state index contributed by atoms with van der Waals surface area (Å²) in [5, 5.41) is 14.6. The van der Waals surface area contributed by atoms with Crippen molar-refractivity contribution in [3.8, 4) is 11.4 Å². The third kappa shape index (κ3) is 3.79. The maximum atomic E-state index is 14.3. The van der Waals surface area contributed by atoms with Crippen LogP contribution in [0, 0.1) is 5.82 Å². The van der Waals surface area contributed by atoms with Crippen molar-refractivity contribution in [2.45, 2.75) is 13.5 Å². The van der Waals surface area contributed by atoms with Crippen LogP contribution in [0.5, 0.6) is 0 Å². The first kappa shape index (κ1) is 17.0. The van der Waals surface area contributed by atoms with Gasteiger partial charge in [0.15, 0.2) is 5.82 Å². The molecule has 0 atom stereocenters. The van der Waals surface area contributed by atoms with E-state index >= 15 is 0 Å². The average Bonchev–Trinajstić information content (AvgIpc) is 3.30. The SMILES string of the molecule is CCN(S)C(=O)NCc1cn(-c2ccc(-n3cccn3)c(F)c2)nn1. The molecule has 0 saturated heterocycles. The number of benzene rings is 1. The minimum atomic E-state index is -0.430. The van der Waals surface area contributed by atoms with Crippen molar-refractivity contribution in [3.05, 3.63) is 54.4 Å². The molecule has 0 aliphatic carbocycles. The van der Waals surface area contributed by atoms with E-state index in [9.17, 15) is 9.18 Å². The Labute approximate surface area is 148 Å². The molecule has 3 rings (SSSR count). The van der Waals surface area contributed by atoms with Crippen molar-refractivity contribution < 1.29 is 9.18 Å². The molecule has 8 nitrogen and oxygen atoms in total. The minimum Gasteiger partial charge on any atom is -0.331 e. The highest BCUT2D eigenvalue weighted by Crippen LogP contribution is 2.16. The van der Waals surface area contributed by atoms with E-state index in [4.69, 9.17) is 0 Å². The van der Waals surface area contributed by atoms with Crippen molar-refractivity contribution >= 4 is 18.8 Å². The number of rotatable bonds is 5. The Kier molecular flexibility index (Phi) is 4.98. The number of nitrogens with one attached hydrogen (secondary N) is 1. The molecule has 0 radical (unpaired) electrons. The number of hydrogen-bond acceptors (Lipinski definition) is 5. The number of halogens is 1. The van der Waals surface area contributed by atoms with E-state index in [-0.39, 0.29) is 12.6 Å². The molecule has 0 fully saturated rings. The number of thiol groups is 1. The van der Waals surface area contributed by atoms with Gasteiger partial charge in [0.1, 0.15) is 11.4 Å². The van der Waals surface area contributed by atoms with E-state index in [1.807, 2.05) is 6.92 Å². The number of hydrogen-bond donors (Lipinski definition) is 2. The second kappa shape index (κ2) is 7.34. The van der Waals surface area contributed by atoms with Gasteiger partial charge in [-0.15, -0.1) is 5.10 Å². The zero-order valence-corrected chi connectivity index (χ0v) is 14.3. The van der Waals surface area contributed by atoms with Crippen molar-refractivity contribution in [1.82, 2.24) is 34.4 Å². The summed E-state index contributed by atoms with van der Waals surface area (Å²) < 4.78 is 18.4. The standard InChI is InChI=1S/C15H16FN7OS/c1-2-23(25)15(24)17-9-11-10-22(20-19-11)12-4-5-14(13(16)8-12)21-7-3-6-18-21/h3-8,10,25H,2,9H2,1H3,(H,17,24). The molecule has 0 aliphatic heterocycles. The fourth-order valence-corrected chi connectivity index (χ4v) is 2.21. The molecule has 25 heavy (non-hydrogen) atoms. The molecule has 10 heteroatoms. The van der Waals surface area contributed by atoms with Crippen LogP contribution in [-0.4, -0.2) is 41.7 Å². The fourth-order valence-electron chi connectivity index (χ4n) is 2.14. The van der Waals surface area contributed by atoms with Gasteiger partial charge < -0.3 is 5.32 Å². The van der Waals surface area contributed by atoms with Crippen LogP contribution >= 0.6 is 12.8 Å². The van der Waals surface area contributed by atoms with Crippen LogP contribution in [0.3, 0.4) is 0 Å². The van der Waals surface area contributed by atoms with Gasteiger partial charge in [-0.1, -0.05) is 18.0 Å². The summed E-state index contributed by atoms with van der Waals surface area (Å²) >= 11 is 4.01. The molecule has 2 aromatic heterocycles. The molecule has 2 heterocycles. The lowest BCUT2D eigenvalue weighted by atomic mass is 10.2. The highest BCUT2D eigenvalue weighted by molar-refractivity contribution is 7.78. The number of carbonyl (C=O) groups is 1. The maximum Gasteiger partial charge on any atom is 0.327 e. The summed E-state index contributed by atoms with van der Waals surface area (Å²) in [5.74, 6) is -0.430. The Morgan fingerprint density at radius 1 is 1.40 bits per heavy atom. The normalized spacial score (nSPS) is 10.7. The largest absolute Gasteiger partial charge is 0.331 e. The molecular formula is C15H16FN7OS. The Morgan fingerprint density at radius 3 is 2.92 bits per heavy atom. The van der Waals surface area contributed by atoms with Crippen molar-refractivity contribution in [3.63, 3.8) is 0 Å². The van der Waals surface area contributed by atoms with Gasteiger partial charge in [-0.05, 0) is 25.1 Å². The fraction of sp³-hybridized carbons (Fsp3) is 0.200. The van der Waals surface area contributed by atoms with E-state index in [1.165, 1.54) is 19.7 Å². The quantitative estimate of drug-likeness (QED) is 0.681. The highest BCUT2D eigenvalue weighted by atomic mass is 32.1. The summed E-state index contributed by atoms with van der Waals surface area (Å²) in [6, 6.07) is 6.07. The number of amides is 2. The lowest BCUT2D eigenvalue weighted by Crippen LogP contribution is -2.33. The third-order valence-electron chi connectivity index (χ3n) is 3.44. The van der Waals surface area contributed by atoms with E-state index < -0.39 is 5.82 Å². The predicted octanol–water partition coefficient (Wildman–Crippen LogP) is 1.97. The molecule has 0 saturated carbocycles. The first-order valence-corrected chi connectivity index (χ1v) is 7.94. The lowest BCUT2D eigenvalue weighted by Gasteiger charge is -2.12. The molecule has 3 aromatic rings. The van der Waals surface area contributed by atoms with Crippen LogP contribution in [0.1, 0.15) is 12.6 Å². The second-order valence-electron chi connectivity index (χ2n) is 5.12. The van der Waals surface area contributed by atoms with Gasteiger partial charge in [-0.3, -0.25) is 4.31 Å². The number of carbonyl (C=O) groups excluding carboxylic acids is 1. The Morgan fingerprint density at radius 2 is 2.24 bits per heavy atom. The van der Waals surface area contributed by atoms with Crippen LogP contribution in [0.15, 0.2) is 42.9 Å². The van der Waals surface area contributed by atoms with Gasteiger partial charge >= 0.3 is 6.03 Å². The van der Waals surface area contributed by atoms with Gasteiger partial charge in [0, 0.05) is 25.0 Å². The topological polar surface area (TPSA) is 80.9 Å². The summed E-state index contributed by atoms with van der Waals surface area (Å²) in [6.07, 6.45) is 4.86. The van der Waals surface area contributed by atoms with Gasteiger partial charge in [-0.2, -0.15) is 5.10 Å². The Bertz CT molecular complexity index is 865. The number of nitrogens with zero attached hydrogens (tertiary/aromatic N) is 6. The summed E-state index contributed by atoms with van der Waals surface area (Å²) in [6.45, 7) is 2.48. The van der Waals surface area contributed by atoms with E-state index in [0.717, 1.165) is 0 Å². The molecule has 1 aromatic carbocycles. The molecule has 1 N–H and O–H groups in total. The van der Waals surface area contributed by atoms with E-state index in [1.54, 1.807) is 36.8 Å². The molecule has 0 bridgehead atoms. The minimum absolute atomic E-state index is 0.198. The van der Waals surface area contributed by atoms with Crippen molar-refractivity contribution in [2.24, 2.45) is 0 Å². The molecule has 2 amide bonds. The molecule has 130 valence electrons. The van der Waals surface area contributed by atoms with Gasteiger partial charge in [-0.25, -0.2) is 18.5 Å². The van der Waals surface area contributed by atoms with Gasteiger partial charge in [0.2, 0.25) is 0 Å². The lowest BCUT2D eigenvalue weighted by molar-refractivity contribution is 0.227. The molecular weight excluding hydrogens is 345 g/mol. The van der Waals surface area contributed by atoms with Gasteiger partial charge in [0.25, 0.3) is 0 Å².